The average molecular weight is 280 g/mol. The summed E-state index contributed by atoms with van der Waals surface area (Å²) in [7, 11) is 0. The number of hydrogen-bond acceptors (Lipinski definition) is 3. The minimum Gasteiger partial charge on any atom is -0.491 e. The molecule has 20 heavy (non-hydrogen) atoms. The van der Waals surface area contributed by atoms with Crippen LogP contribution in [-0.4, -0.2) is 31.6 Å². The van der Waals surface area contributed by atoms with E-state index in [1.165, 1.54) is 6.07 Å². The van der Waals surface area contributed by atoms with Crippen molar-refractivity contribution in [2.24, 2.45) is 0 Å². The molecule has 0 aliphatic carbocycles. The fourth-order valence-electron chi connectivity index (χ4n) is 2.50. The van der Waals surface area contributed by atoms with E-state index >= 15 is 0 Å². The molecule has 1 unspecified atom stereocenters. The van der Waals surface area contributed by atoms with Gasteiger partial charge in [0.05, 0.1) is 12.6 Å². The van der Waals surface area contributed by atoms with Gasteiger partial charge in [-0.1, -0.05) is 6.92 Å². The summed E-state index contributed by atoms with van der Waals surface area (Å²) in [6.07, 6.45) is 1.75. The summed E-state index contributed by atoms with van der Waals surface area (Å²) in [5, 5.41) is 3.17. The van der Waals surface area contributed by atoms with Crippen molar-refractivity contribution in [3.63, 3.8) is 0 Å². The zero-order valence-corrected chi connectivity index (χ0v) is 12.0. The lowest BCUT2D eigenvalue weighted by Gasteiger charge is -2.32. The predicted molar refractivity (Wildman–Crippen MR) is 76.6 cm³/mol. The van der Waals surface area contributed by atoms with Crippen LogP contribution in [0.25, 0.3) is 0 Å². The second-order valence-electron chi connectivity index (χ2n) is 4.79. The molecule has 1 aromatic rings. The Morgan fingerprint density at radius 2 is 2.25 bits per heavy atom. The van der Waals surface area contributed by atoms with Crippen molar-refractivity contribution in [1.82, 2.24) is 5.32 Å². The zero-order valence-electron chi connectivity index (χ0n) is 12.0. The van der Waals surface area contributed by atoms with Crippen LogP contribution in [0.3, 0.4) is 0 Å². The first-order chi connectivity index (χ1) is 9.67. The molecular formula is C15H21FN2O2. The van der Waals surface area contributed by atoms with Crippen molar-refractivity contribution in [1.29, 1.82) is 0 Å². The first-order valence-electron chi connectivity index (χ1n) is 7.14. The van der Waals surface area contributed by atoms with Gasteiger partial charge in [0.2, 0.25) is 5.91 Å². The molecule has 5 heteroatoms. The summed E-state index contributed by atoms with van der Waals surface area (Å²) in [5.41, 5.74) is 0.596. The lowest BCUT2D eigenvalue weighted by Crippen LogP contribution is -2.50. The Bertz CT molecular complexity index is 477. The monoisotopic (exact) mass is 280 g/mol. The highest BCUT2D eigenvalue weighted by Gasteiger charge is 2.29. The van der Waals surface area contributed by atoms with Crippen LogP contribution in [0.2, 0.25) is 0 Å². The second kappa shape index (κ2) is 6.70. The van der Waals surface area contributed by atoms with Crippen LogP contribution in [0.1, 0.15) is 26.7 Å². The molecule has 1 aliphatic rings. The molecule has 2 rings (SSSR count). The molecule has 0 bridgehead atoms. The fourth-order valence-corrected chi connectivity index (χ4v) is 2.50. The second-order valence-corrected chi connectivity index (χ2v) is 4.79. The zero-order chi connectivity index (χ0) is 14.5. The standard InChI is InChI=1S/C15H21FN2O2/c1-3-17-13-6-5-9-18(15(13)19)11-7-8-14(20-4-2)12(16)10-11/h7-8,10,13,17H,3-6,9H2,1-2H3. The van der Waals surface area contributed by atoms with E-state index in [2.05, 4.69) is 5.32 Å². The average Bonchev–Trinajstić information content (AvgIpc) is 2.44. The molecule has 0 spiro atoms. The third kappa shape index (κ3) is 3.10. The number of rotatable bonds is 5. The largest absolute Gasteiger partial charge is 0.491 e. The maximum atomic E-state index is 13.9. The van der Waals surface area contributed by atoms with Crippen LogP contribution in [0.15, 0.2) is 18.2 Å². The van der Waals surface area contributed by atoms with Gasteiger partial charge in [0.25, 0.3) is 0 Å². The number of halogens is 1. The molecule has 1 saturated heterocycles. The van der Waals surface area contributed by atoms with Crippen molar-refractivity contribution in [2.75, 3.05) is 24.6 Å². The minimum atomic E-state index is -0.428. The molecule has 110 valence electrons. The molecule has 1 N–H and O–H groups in total. The van der Waals surface area contributed by atoms with Crippen LogP contribution in [0, 0.1) is 5.82 Å². The minimum absolute atomic E-state index is 0.0154. The number of amides is 1. The van der Waals surface area contributed by atoms with Gasteiger partial charge in [0, 0.05) is 18.3 Å². The lowest BCUT2D eigenvalue weighted by molar-refractivity contribution is -0.121. The maximum absolute atomic E-state index is 13.9. The summed E-state index contributed by atoms with van der Waals surface area (Å²) in [5.74, 6) is -0.187. The van der Waals surface area contributed by atoms with Crippen molar-refractivity contribution < 1.29 is 13.9 Å². The van der Waals surface area contributed by atoms with Gasteiger partial charge in [-0.05, 0) is 38.4 Å². The van der Waals surface area contributed by atoms with E-state index in [1.807, 2.05) is 13.8 Å². The number of nitrogens with one attached hydrogen (secondary N) is 1. The molecule has 1 aromatic carbocycles. The Labute approximate surface area is 118 Å². The highest BCUT2D eigenvalue weighted by atomic mass is 19.1. The molecular weight excluding hydrogens is 259 g/mol. The Balaban J connectivity index is 2.18. The maximum Gasteiger partial charge on any atom is 0.244 e. The molecule has 1 amide bonds. The SMILES string of the molecule is CCNC1CCCN(c2ccc(OCC)c(F)c2)C1=O. The number of anilines is 1. The van der Waals surface area contributed by atoms with Gasteiger partial charge in [0.1, 0.15) is 0 Å². The van der Waals surface area contributed by atoms with Crippen LogP contribution in [0.5, 0.6) is 5.75 Å². The molecule has 1 atom stereocenters. The number of piperidine rings is 1. The number of nitrogens with zero attached hydrogens (tertiary/aromatic N) is 1. The van der Waals surface area contributed by atoms with Gasteiger partial charge in [0.15, 0.2) is 11.6 Å². The normalized spacial score (nSPS) is 19.2. The summed E-state index contributed by atoms with van der Waals surface area (Å²) in [4.78, 5) is 14.0. The van der Waals surface area contributed by atoms with E-state index < -0.39 is 5.82 Å². The molecule has 4 nitrogen and oxygen atoms in total. The lowest BCUT2D eigenvalue weighted by atomic mass is 10.0. The van der Waals surface area contributed by atoms with Crippen LogP contribution in [-0.2, 0) is 4.79 Å². The molecule has 0 aromatic heterocycles. The topological polar surface area (TPSA) is 41.6 Å². The highest BCUT2D eigenvalue weighted by molar-refractivity contribution is 5.98. The number of carbonyl (C=O) groups excluding carboxylic acids is 1. The van der Waals surface area contributed by atoms with E-state index in [1.54, 1.807) is 17.0 Å². The van der Waals surface area contributed by atoms with Gasteiger partial charge >= 0.3 is 0 Å². The van der Waals surface area contributed by atoms with E-state index in [0.29, 0.717) is 18.8 Å². The van der Waals surface area contributed by atoms with Crippen molar-refractivity contribution in [3.8, 4) is 5.75 Å². The van der Waals surface area contributed by atoms with Gasteiger partial charge in [-0.3, -0.25) is 4.79 Å². The van der Waals surface area contributed by atoms with E-state index in [0.717, 1.165) is 19.4 Å². The Morgan fingerprint density at radius 3 is 2.90 bits per heavy atom. The third-order valence-corrected chi connectivity index (χ3v) is 3.42. The van der Waals surface area contributed by atoms with Gasteiger partial charge in [-0.15, -0.1) is 0 Å². The van der Waals surface area contributed by atoms with E-state index in [4.69, 9.17) is 4.74 Å². The number of carbonyl (C=O) groups is 1. The highest BCUT2D eigenvalue weighted by Crippen LogP contribution is 2.26. The van der Waals surface area contributed by atoms with Crippen molar-refractivity contribution in [3.05, 3.63) is 24.0 Å². The third-order valence-electron chi connectivity index (χ3n) is 3.42. The first-order valence-corrected chi connectivity index (χ1v) is 7.14. The first kappa shape index (κ1) is 14.8. The molecule has 1 aliphatic heterocycles. The number of benzene rings is 1. The summed E-state index contributed by atoms with van der Waals surface area (Å²) < 4.78 is 19.1. The van der Waals surface area contributed by atoms with Gasteiger partial charge < -0.3 is 15.0 Å². The van der Waals surface area contributed by atoms with Crippen molar-refractivity contribution >= 4 is 11.6 Å². The molecule has 1 heterocycles. The van der Waals surface area contributed by atoms with Crippen LogP contribution < -0.4 is 15.0 Å². The Morgan fingerprint density at radius 1 is 1.45 bits per heavy atom. The molecule has 0 radical (unpaired) electrons. The number of likely N-dealkylation sites (N-methyl/N-ethyl adjacent to an activating group) is 1. The smallest absolute Gasteiger partial charge is 0.244 e. The van der Waals surface area contributed by atoms with Gasteiger partial charge in [-0.2, -0.15) is 0 Å². The predicted octanol–water partition coefficient (Wildman–Crippen LogP) is 2.33. The van der Waals surface area contributed by atoms with Gasteiger partial charge in [-0.25, -0.2) is 4.39 Å². The summed E-state index contributed by atoms with van der Waals surface area (Å²) >= 11 is 0. The van der Waals surface area contributed by atoms with E-state index in [9.17, 15) is 9.18 Å². The summed E-state index contributed by atoms with van der Waals surface area (Å²) in [6, 6.07) is 4.53. The quantitative estimate of drug-likeness (QED) is 0.900. The fraction of sp³-hybridized carbons (Fsp3) is 0.533. The molecule has 1 fully saturated rings. The molecule has 0 saturated carbocycles. The van der Waals surface area contributed by atoms with Crippen molar-refractivity contribution in [2.45, 2.75) is 32.7 Å². The number of ether oxygens (including phenoxy) is 1. The Hall–Kier alpha value is -1.62. The van der Waals surface area contributed by atoms with Crippen LogP contribution in [0.4, 0.5) is 10.1 Å². The van der Waals surface area contributed by atoms with E-state index in [-0.39, 0.29) is 17.7 Å². The number of hydrogen-bond donors (Lipinski definition) is 1. The Kier molecular flexibility index (Phi) is 4.95. The van der Waals surface area contributed by atoms with Crippen LogP contribution >= 0.6 is 0 Å². The summed E-state index contributed by atoms with van der Waals surface area (Å²) in [6.45, 7) is 5.59.